The molecule has 0 aliphatic rings. The topological polar surface area (TPSA) is 71.4 Å². The van der Waals surface area contributed by atoms with Crippen LogP contribution in [-0.4, -0.2) is 25.6 Å². The van der Waals surface area contributed by atoms with Crippen molar-refractivity contribution >= 4 is 15.6 Å². The average Bonchev–Trinajstić information content (AvgIpc) is 2.00. The Morgan fingerprint density at radius 2 is 1.93 bits per heavy atom. The van der Waals surface area contributed by atoms with E-state index >= 15 is 0 Å². The van der Waals surface area contributed by atoms with E-state index in [1.54, 1.807) is 0 Å². The van der Waals surface area contributed by atoms with E-state index in [2.05, 4.69) is 0 Å². The number of rotatable bonds is 2. The van der Waals surface area contributed by atoms with E-state index in [9.17, 15) is 22.7 Å². The molecule has 0 saturated heterocycles. The molecule has 1 aromatic carbocycles. The monoisotopic (exact) mass is 232 g/mol. The number of ketones is 1. The maximum Gasteiger partial charge on any atom is 0.178 e. The Bertz CT molecular complexity index is 519. The number of phenols is 1. The fourth-order valence-corrected chi connectivity index (χ4v) is 1.85. The van der Waals surface area contributed by atoms with Crippen molar-refractivity contribution in [2.45, 2.75) is 11.8 Å². The van der Waals surface area contributed by atoms with Crippen molar-refractivity contribution in [2.24, 2.45) is 0 Å². The summed E-state index contributed by atoms with van der Waals surface area (Å²) in [6.07, 6.45) is 0.826. The van der Waals surface area contributed by atoms with Gasteiger partial charge in [0.15, 0.2) is 15.6 Å². The van der Waals surface area contributed by atoms with Crippen LogP contribution in [0.1, 0.15) is 17.3 Å². The van der Waals surface area contributed by atoms with Crippen LogP contribution in [0, 0.1) is 5.82 Å². The van der Waals surface area contributed by atoms with Gasteiger partial charge in [0.2, 0.25) is 0 Å². The van der Waals surface area contributed by atoms with Crippen LogP contribution in [0.15, 0.2) is 17.0 Å². The van der Waals surface area contributed by atoms with E-state index in [0.717, 1.165) is 19.2 Å². The third-order valence-corrected chi connectivity index (χ3v) is 2.94. The van der Waals surface area contributed by atoms with Crippen molar-refractivity contribution in [1.29, 1.82) is 0 Å². The minimum absolute atomic E-state index is 0.211. The number of sulfone groups is 1. The number of aromatic hydroxyl groups is 1. The van der Waals surface area contributed by atoms with Crippen LogP contribution in [-0.2, 0) is 9.84 Å². The molecule has 15 heavy (non-hydrogen) atoms. The summed E-state index contributed by atoms with van der Waals surface area (Å²) in [5.41, 5.74) is -0.211. The molecular formula is C9H9FO4S. The van der Waals surface area contributed by atoms with Gasteiger partial charge in [-0.25, -0.2) is 12.8 Å². The molecule has 0 amide bonds. The first kappa shape index (κ1) is 11.6. The van der Waals surface area contributed by atoms with Gasteiger partial charge >= 0.3 is 0 Å². The number of halogens is 1. The molecule has 0 aliphatic heterocycles. The minimum atomic E-state index is -3.74. The number of carbonyl (C=O) groups excluding carboxylic acids is 1. The Morgan fingerprint density at radius 1 is 1.40 bits per heavy atom. The second-order valence-corrected chi connectivity index (χ2v) is 5.11. The predicted molar refractivity (Wildman–Crippen MR) is 51.2 cm³/mol. The molecule has 0 saturated carbocycles. The molecule has 0 fully saturated rings. The number of hydrogen-bond acceptors (Lipinski definition) is 4. The van der Waals surface area contributed by atoms with Gasteiger partial charge in [0.05, 0.1) is 5.56 Å². The van der Waals surface area contributed by atoms with Gasteiger partial charge in [-0.2, -0.15) is 0 Å². The van der Waals surface area contributed by atoms with Crippen LogP contribution >= 0.6 is 0 Å². The van der Waals surface area contributed by atoms with E-state index in [1.165, 1.54) is 0 Å². The van der Waals surface area contributed by atoms with Crippen LogP contribution < -0.4 is 0 Å². The highest BCUT2D eigenvalue weighted by atomic mass is 32.2. The summed E-state index contributed by atoms with van der Waals surface area (Å²) in [6, 6.07) is 1.45. The molecule has 4 nitrogen and oxygen atoms in total. The van der Waals surface area contributed by atoms with Crippen LogP contribution in [0.5, 0.6) is 5.75 Å². The zero-order valence-electron chi connectivity index (χ0n) is 8.11. The summed E-state index contributed by atoms with van der Waals surface area (Å²) in [5, 5.41) is 9.20. The summed E-state index contributed by atoms with van der Waals surface area (Å²) < 4.78 is 35.4. The third kappa shape index (κ3) is 2.33. The number of phenolic OH excluding ortho intramolecular Hbond substituents is 1. The molecule has 0 bridgehead atoms. The van der Waals surface area contributed by atoms with E-state index in [-0.39, 0.29) is 5.56 Å². The Labute approximate surface area is 86.3 Å². The fraction of sp³-hybridized carbons (Fsp3) is 0.222. The number of carbonyl (C=O) groups is 1. The van der Waals surface area contributed by atoms with Gasteiger partial charge in [-0.15, -0.1) is 0 Å². The number of Topliss-reactive ketones (excluding diaryl/α,β-unsaturated/α-hetero) is 1. The molecule has 1 rings (SSSR count). The van der Waals surface area contributed by atoms with Gasteiger partial charge in [-0.05, 0) is 13.0 Å². The second kappa shape index (κ2) is 3.62. The first-order chi connectivity index (χ1) is 6.73. The highest BCUT2D eigenvalue weighted by molar-refractivity contribution is 7.90. The van der Waals surface area contributed by atoms with Crippen molar-refractivity contribution in [1.82, 2.24) is 0 Å². The highest BCUT2D eigenvalue weighted by Crippen LogP contribution is 2.25. The molecule has 0 atom stereocenters. The van der Waals surface area contributed by atoms with Gasteiger partial charge in [-0.3, -0.25) is 4.79 Å². The molecule has 82 valence electrons. The maximum atomic E-state index is 13.1. The Balaban J connectivity index is 3.58. The molecule has 0 unspecified atom stereocenters. The van der Waals surface area contributed by atoms with Gasteiger partial charge in [0.1, 0.15) is 16.5 Å². The normalized spacial score (nSPS) is 11.4. The molecule has 6 heteroatoms. The first-order valence-electron chi connectivity index (χ1n) is 3.97. The number of hydrogen-bond donors (Lipinski definition) is 1. The predicted octanol–water partition coefficient (Wildman–Crippen LogP) is 1.14. The van der Waals surface area contributed by atoms with Crippen molar-refractivity contribution in [3.8, 4) is 5.75 Å². The second-order valence-electron chi connectivity index (χ2n) is 3.13. The van der Waals surface area contributed by atoms with Crippen molar-refractivity contribution in [2.75, 3.05) is 6.26 Å². The van der Waals surface area contributed by atoms with Crippen molar-refractivity contribution < 1.29 is 22.7 Å². The Morgan fingerprint density at radius 3 is 2.33 bits per heavy atom. The van der Waals surface area contributed by atoms with Crippen molar-refractivity contribution in [3.05, 3.63) is 23.5 Å². The SMILES string of the molecule is CC(=O)c1cc(S(C)(=O)=O)c(F)cc1O. The van der Waals surface area contributed by atoms with Crippen molar-refractivity contribution in [3.63, 3.8) is 0 Å². The molecular weight excluding hydrogens is 223 g/mol. The quantitative estimate of drug-likeness (QED) is 0.776. The summed E-state index contributed by atoms with van der Waals surface area (Å²) in [7, 11) is -3.74. The van der Waals surface area contributed by atoms with E-state index < -0.39 is 32.1 Å². The summed E-state index contributed by atoms with van der Waals surface area (Å²) in [6.45, 7) is 1.15. The molecule has 0 heterocycles. The lowest BCUT2D eigenvalue weighted by molar-refractivity contribution is 0.101. The molecule has 0 radical (unpaired) electrons. The fourth-order valence-electron chi connectivity index (χ4n) is 1.11. The largest absolute Gasteiger partial charge is 0.507 e. The zero-order valence-corrected chi connectivity index (χ0v) is 8.93. The Kier molecular flexibility index (Phi) is 2.81. The van der Waals surface area contributed by atoms with Crippen LogP contribution in [0.2, 0.25) is 0 Å². The van der Waals surface area contributed by atoms with E-state index in [0.29, 0.717) is 6.07 Å². The van der Waals surface area contributed by atoms with E-state index in [1.807, 2.05) is 0 Å². The lowest BCUT2D eigenvalue weighted by Gasteiger charge is -2.05. The molecule has 0 aromatic heterocycles. The van der Waals surface area contributed by atoms with Gasteiger partial charge in [-0.1, -0.05) is 0 Å². The zero-order chi connectivity index (χ0) is 11.8. The summed E-state index contributed by atoms with van der Waals surface area (Å²) in [5.74, 6) is -2.16. The number of benzene rings is 1. The van der Waals surface area contributed by atoms with E-state index in [4.69, 9.17) is 0 Å². The lowest BCUT2D eigenvalue weighted by Crippen LogP contribution is -2.04. The van der Waals surface area contributed by atoms with Crippen LogP contribution in [0.4, 0.5) is 4.39 Å². The summed E-state index contributed by atoms with van der Waals surface area (Å²) >= 11 is 0. The molecule has 0 aliphatic carbocycles. The molecule has 1 N–H and O–H groups in total. The van der Waals surface area contributed by atoms with Crippen LogP contribution in [0.25, 0.3) is 0 Å². The lowest BCUT2D eigenvalue weighted by atomic mass is 10.1. The van der Waals surface area contributed by atoms with Gasteiger partial charge in [0, 0.05) is 12.3 Å². The van der Waals surface area contributed by atoms with Gasteiger partial charge in [0.25, 0.3) is 0 Å². The summed E-state index contributed by atoms with van der Waals surface area (Å²) in [4.78, 5) is 10.4. The standard InChI is InChI=1S/C9H9FO4S/c1-5(11)6-3-9(15(2,13)14)7(10)4-8(6)12/h3-4,12H,1-2H3. The molecule has 1 aromatic rings. The maximum absolute atomic E-state index is 13.1. The minimum Gasteiger partial charge on any atom is -0.507 e. The third-order valence-electron chi connectivity index (χ3n) is 1.83. The van der Waals surface area contributed by atoms with Crippen LogP contribution in [0.3, 0.4) is 0 Å². The smallest absolute Gasteiger partial charge is 0.178 e. The van der Waals surface area contributed by atoms with Gasteiger partial charge < -0.3 is 5.11 Å². The first-order valence-corrected chi connectivity index (χ1v) is 5.86. The molecule has 0 spiro atoms. The highest BCUT2D eigenvalue weighted by Gasteiger charge is 2.18. The Hall–Kier alpha value is -1.43. The average molecular weight is 232 g/mol.